The van der Waals surface area contributed by atoms with E-state index in [4.69, 9.17) is 9.15 Å². The second-order valence-electron chi connectivity index (χ2n) is 5.77. The fourth-order valence-corrected chi connectivity index (χ4v) is 2.33. The molecular formula is C21H19N3O4. The predicted octanol–water partition coefficient (Wildman–Crippen LogP) is 2.63. The summed E-state index contributed by atoms with van der Waals surface area (Å²) < 4.78 is 10.9. The summed E-state index contributed by atoms with van der Waals surface area (Å²) in [5, 5.41) is 6.27. The van der Waals surface area contributed by atoms with Gasteiger partial charge in [0.15, 0.2) is 0 Å². The summed E-state index contributed by atoms with van der Waals surface area (Å²) in [5.41, 5.74) is 3.91. The van der Waals surface area contributed by atoms with Gasteiger partial charge in [0.05, 0.1) is 19.0 Å². The molecule has 7 nitrogen and oxygen atoms in total. The number of hydrogen-bond acceptors (Lipinski definition) is 5. The molecule has 1 aromatic heterocycles. The fraction of sp³-hybridized carbons (Fsp3) is 0.0952. The lowest BCUT2D eigenvalue weighted by Gasteiger charge is -2.09. The largest absolute Gasteiger partial charge is 0.488 e. The van der Waals surface area contributed by atoms with Crippen LogP contribution in [0, 0.1) is 0 Å². The summed E-state index contributed by atoms with van der Waals surface area (Å²) in [4.78, 5) is 23.5. The molecule has 0 fully saturated rings. The Labute approximate surface area is 162 Å². The van der Waals surface area contributed by atoms with Gasteiger partial charge in [0.1, 0.15) is 18.1 Å². The van der Waals surface area contributed by atoms with Crippen LogP contribution in [-0.2, 0) is 22.7 Å². The third kappa shape index (κ3) is 5.57. The van der Waals surface area contributed by atoms with Crippen LogP contribution in [0.5, 0.6) is 5.75 Å². The van der Waals surface area contributed by atoms with E-state index in [0.29, 0.717) is 23.7 Å². The highest BCUT2D eigenvalue weighted by molar-refractivity contribution is 6.35. The van der Waals surface area contributed by atoms with E-state index in [1.165, 1.54) is 12.5 Å². The van der Waals surface area contributed by atoms with Crippen molar-refractivity contribution in [3.05, 3.63) is 89.9 Å². The van der Waals surface area contributed by atoms with Crippen molar-refractivity contribution in [2.45, 2.75) is 13.2 Å². The molecule has 0 atom stereocenters. The number of rotatable bonds is 7. The fourth-order valence-electron chi connectivity index (χ4n) is 2.33. The highest BCUT2D eigenvalue weighted by Gasteiger charge is 2.12. The zero-order valence-electron chi connectivity index (χ0n) is 15.0. The summed E-state index contributed by atoms with van der Waals surface area (Å²) in [5.74, 6) is -0.506. The molecule has 0 radical (unpaired) electrons. The van der Waals surface area contributed by atoms with Crippen LogP contribution < -0.4 is 15.5 Å². The molecule has 3 rings (SSSR count). The number of ether oxygens (including phenoxy) is 1. The third-order valence-electron chi connectivity index (χ3n) is 3.74. The molecule has 142 valence electrons. The van der Waals surface area contributed by atoms with Crippen molar-refractivity contribution in [3.63, 3.8) is 0 Å². The van der Waals surface area contributed by atoms with Gasteiger partial charge in [0.25, 0.3) is 0 Å². The number of amides is 2. The van der Waals surface area contributed by atoms with Gasteiger partial charge in [0.2, 0.25) is 0 Å². The normalized spacial score (nSPS) is 10.6. The van der Waals surface area contributed by atoms with Crippen LogP contribution >= 0.6 is 0 Å². The van der Waals surface area contributed by atoms with E-state index in [0.717, 1.165) is 5.56 Å². The quantitative estimate of drug-likeness (QED) is 0.376. The molecule has 7 heteroatoms. The van der Waals surface area contributed by atoms with E-state index in [1.54, 1.807) is 18.2 Å². The molecule has 2 N–H and O–H groups in total. The molecule has 0 spiro atoms. The number of nitrogens with zero attached hydrogens (tertiary/aromatic N) is 1. The van der Waals surface area contributed by atoms with Crippen molar-refractivity contribution >= 4 is 18.0 Å². The van der Waals surface area contributed by atoms with E-state index in [9.17, 15) is 9.59 Å². The lowest BCUT2D eigenvalue weighted by atomic mass is 10.2. The Morgan fingerprint density at radius 2 is 1.75 bits per heavy atom. The van der Waals surface area contributed by atoms with Crippen LogP contribution in [0.3, 0.4) is 0 Å². The molecule has 0 saturated carbocycles. The smallest absolute Gasteiger partial charge is 0.329 e. The zero-order valence-corrected chi connectivity index (χ0v) is 15.0. The number of benzene rings is 2. The summed E-state index contributed by atoms with van der Waals surface area (Å²) in [6.07, 6.45) is 2.92. The number of para-hydroxylation sites is 1. The van der Waals surface area contributed by atoms with Crippen molar-refractivity contribution < 1.29 is 18.7 Å². The average Bonchev–Trinajstić information content (AvgIpc) is 3.25. The summed E-state index contributed by atoms with van der Waals surface area (Å²) in [6, 6.07) is 20.4. The maximum atomic E-state index is 11.8. The minimum atomic E-state index is -0.870. The Morgan fingerprint density at radius 1 is 0.964 bits per heavy atom. The summed E-state index contributed by atoms with van der Waals surface area (Å²) in [6.45, 7) is 0.534. The number of nitrogens with one attached hydrogen (secondary N) is 2. The van der Waals surface area contributed by atoms with Crippen LogP contribution in [0.15, 0.2) is 82.5 Å². The van der Waals surface area contributed by atoms with Crippen molar-refractivity contribution in [2.24, 2.45) is 5.10 Å². The Balaban J connectivity index is 1.52. The predicted molar refractivity (Wildman–Crippen MR) is 104 cm³/mol. The lowest BCUT2D eigenvalue weighted by molar-refractivity contribution is -0.139. The maximum absolute atomic E-state index is 11.8. The van der Waals surface area contributed by atoms with E-state index >= 15 is 0 Å². The Morgan fingerprint density at radius 3 is 2.54 bits per heavy atom. The molecule has 0 bridgehead atoms. The maximum Gasteiger partial charge on any atom is 0.329 e. The average molecular weight is 377 g/mol. The van der Waals surface area contributed by atoms with Crippen LogP contribution in [0.25, 0.3) is 0 Å². The molecule has 0 aliphatic carbocycles. The zero-order chi connectivity index (χ0) is 19.6. The van der Waals surface area contributed by atoms with E-state index in [-0.39, 0.29) is 6.54 Å². The van der Waals surface area contributed by atoms with Crippen LogP contribution in [0.2, 0.25) is 0 Å². The first-order chi connectivity index (χ1) is 13.7. The van der Waals surface area contributed by atoms with E-state index < -0.39 is 11.8 Å². The van der Waals surface area contributed by atoms with Crippen molar-refractivity contribution in [1.29, 1.82) is 0 Å². The van der Waals surface area contributed by atoms with Crippen molar-refractivity contribution in [3.8, 4) is 5.75 Å². The molecule has 0 aliphatic heterocycles. The second-order valence-corrected chi connectivity index (χ2v) is 5.77. The SMILES string of the molecule is O=C(NCc1ccco1)C(=O)N/N=C/c1ccccc1OCc1ccccc1. The molecule has 0 aliphatic rings. The van der Waals surface area contributed by atoms with Gasteiger partial charge in [-0.25, -0.2) is 5.43 Å². The molecule has 2 amide bonds. The first-order valence-electron chi connectivity index (χ1n) is 8.62. The number of hydrazone groups is 1. The van der Waals surface area contributed by atoms with Crippen molar-refractivity contribution in [2.75, 3.05) is 0 Å². The van der Waals surface area contributed by atoms with Gasteiger partial charge < -0.3 is 14.5 Å². The molecule has 3 aromatic rings. The van der Waals surface area contributed by atoms with Crippen LogP contribution in [-0.4, -0.2) is 18.0 Å². The Kier molecular flexibility index (Phi) is 6.57. The van der Waals surface area contributed by atoms with Gasteiger partial charge in [-0.2, -0.15) is 5.10 Å². The Bertz CT molecular complexity index is 937. The van der Waals surface area contributed by atoms with Gasteiger partial charge in [-0.1, -0.05) is 42.5 Å². The van der Waals surface area contributed by atoms with Crippen LogP contribution in [0.4, 0.5) is 0 Å². The minimum Gasteiger partial charge on any atom is -0.488 e. The Hall–Kier alpha value is -3.87. The monoisotopic (exact) mass is 377 g/mol. The highest BCUT2D eigenvalue weighted by Crippen LogP contribution is 2.17. The van der Waals surface area contributed by atoms with Gasteiger partial charge in [0, 0.05) is 5.56 Å². The molecular weight excluding hydrogens is 358 g/mol. The number of carbonyl (C=O) groups is 2. The van der Waals surface area contributed by atoms with Gasteiger partial charge in [-0.05, 0) is 29.8 Å². The molecule has 1 heterocycles. The second kappa shape index (κ2) is 9.72. The van der Waals surface area contributed by atoms with Crippen LogP contribution in [0.1, 0.15) is 16.9 Å². The topological polar surface area (TPSA) is 92.9 Å². The minimum absolute atomic E-state index is 0.124. The number of hydrogen-bond donors (Lipinski definition) is 2. The number of carbonyl (C=O) groups excluding carboxylic acids is 2. The van der Waals surface area contributed by atoms with E-state index in [1.807, 2.05) is 48.5 Å². The lowest BCUT2D eigenvalue weighted by Crippen LogP contribution is -2.37. The third-order valence-corrected chi connectivity index (χ3v) is 3.74. The van der Waals surface area contributed by atoms with Crippen molar-refractivity contribution in [1.82, 2.24) is 10.7 Å². The first kappa shape index (κ1) is 18.9. The summed E-state index contributed by atoms with van der Waals surface area (Å²) >= 11 is 0. The molecule has 28 heavy (non-hydrogen) atoms. The summed E-state index contributed by atoms with van der Waals surface area (Å²) in [7, 11) is 0. The standard InChI is InChI=1S/C21H19N3O4/c25-20(22-14-18-10-6-12-27-18)21(26)24-23-13-17-9-4-5-11-19(17)28-15-16-7-2-1-3-8-16/h1-13H,14-15H2,(H,22,25)(H,24,26)/b23-13+. The first-order valence-corrected chi connectivity index (χ1v) is 8.62. The molecule has 2 aromatic carbocycles. The molecule has 0 unspecified atom stereocenters. The van der Waals surface area contributed by atoms with Gasteiger partial charge >= 0.3 is 11.8 Å². The van der Waals surface area contributed by atoms with Gasteiger partial charge in [-0.15, -0.1) is 0 Å². The van der Waals surface area contributed by atoms with E-state index in [2.05, 4.69) is 15.8 Å². The number of furan rings is 1. The van der Waals surface area contributed by atoms with Gasteiger partial charge in [-0.3, -0.25) is 9.59 Å². The molecule has 0 saturated heterocycles. The highest BCUT2D eigenvalue weighted by atomic mass is 16.5.